The quantitative estimate of drug-likeness (QED) is 0.559. The highest BCUT2D eigenvalue weighted by Crippen LogP contribution is 2.26. The third-order valence-corrected chi connectivity index (χ3v) is 3.48. The largest absolute Gasteiger partial charge is 0.294 e. The van der Waals surface area contributed by atoms with Gasteiger partial charge in [0.05, 0.1) is 0 Å². The van der Waals surface area contributed by atoms with E-state index in [2.05, 4.69) is 4.98 Å². The molecule has 1 aromatic heterocycles. The highest BCUT2D eigenvalue weighted by atomic mass is 35.5. The Balaban J connectivity index is 2.35. The predicted octanol–water partition coefficient (Wildman–Crippen LogP) is 3.10. The zero-order valence-electron chi connectivity index (χ0n) is 9.58. The van der Waals surface area contributed by atoms with E-state index < -0.39 is 0 Å². The van der Waals surface area contributed by atoms with Crippen LogP contribution in [0.25, 0.3) is 0 Å². The molecule has 0 unspecified atom stereocenters. The van der Waals surface area contributed by atoms with E-state index in [1.807, 2.05) is 11.5 Å². The second kappa shape index (κ2) is 5.00. The minimum Gasteiger partial charge on any atom is -0.294 e. The molecule has 0 N–H and O–H groups in total. The second-order valence-electron chi connectivity index (χ2n) is 4.48. The van der Waals surface area contributed by atoms with E-state index in [1.165, 1.54) is 31.7 Å². The number of aromatic nitrogens is 2. The molecular weight excluding hydrogens is 224 g/mol. The fourth-order valence-corrected chi connectivity index (χ4v) is 2.75. The maximum atomic E-state index is 11.9. The van der Waals surface area contributed by atoms with Gasteiger partial charge in [0.25, 0.3) is 5.56 Å². The molecule has 2 rings (SSSR count). The van der Waals surface area contributed by atoms with E-state index >= 15 is 0 Å². The van der Waals surface area contributed by atoms with Gasteiger partial charge in [-0.1, -0.05) is 37.3 Å². The molecule has 3 nitrogen and oxygen atoms in total. The smallest absolute Gasteiger partial charge is 0.255 e. The number of rotatable bonds is 1. The van der Waals surface area contributed by atoms with E-state index in [1.54, 1.807) is 0 Å². The fraction of sp³-hybridized carbons (Fsp3) is 0.667. The van der Waals surface area contributed by atoms with Gasteiger partial charge in [-0.3, -0.25) is 9.36 Å². The van der Waals surface area contributed by atoms with Gasteiger partial charge in [-0.25, -0.2) is 4.98 Å². The molecule has 1 aromatic rings. The van der Waals surface area contributed by atoms with E-state index in [0.717, 1.165) is 18.7 Å². The Bertz CT molecular complexity index is 420. The molecule has 0 aromatic carbocycles. The van der Waals surface area contributed by atoms with Crippen molar-refractivity contribution in [3.8, 4) is 0 Å². The van der Waals surface area contributed by atoms with Gasteiger partial charge < -0.3 is 0 Å². The molecule has 1 saturated carbocycles. The number of nitrogens with zero attached hydrogens (tertiary/aromatic N) is 2. The van der Waals surface area contributed by atoms with Gasteiger partial charge in [-0.05, 0) is 19.8 Å². The van der Waals surface area contributed by atoms with Gasteiger partial charge >= 0.3 is 0 Å². The van der Waals surface area contributed by atoms with Gasteiger partial charge in [0.2, 0.25) is 0 Å². The Labute approximate surface area is 100 Å². The molecule has 88 valence electrons. The maximum absolute atomic E-state index is 11.9. The lowest BCUT2D eigenvalue weighted by Gasteiger charge is -2.19. The molecule has 0 spiro atoms. The normalized spacial score (nSPS) is 18.4. The lowest BCUT2D eigenvalue weighted by molar-refractivity contribution is 0.418. The molecule has 1 heterocycles. The second-order valence-corrected chi connectivity index (χ2v) is 4.87. The van der Waals surface area contributed by atoms with Gasteiger partial charge in [0.15, 0.2) is 0 Å². The first kappa shape index (κ1) is 11.6. The Hall–Kier alpha value is -0.830. The van der Waals surface area contributed by atoms with Crippen LogP contribution in [0.4, 0.5) is 0 Å². The summed E-state index contributed by atoms with van der Waals surface area (Å²) in [6.07, 6.45) is 7.16. The van der Waals surface area contributed by atoms with E-state index in [-0.39, 0.29) is 5.56 Å². The Morgan fingerprint density at radius 2 is 1.94 bits per heavy atom. The van der Waals surface area contributed by atoms with Crippen molar-refractivity contribution in [1.82, 2.24) is 9.55 Å². The van der Waals surface area contributed by atoms with E-state index in [4.69, 9.17) is 11.6 Å². The summed E-state index contributed by atoms with van der Waals surface area (Å²) in [6, 6.07) is 1.74. The van der Waals surface area contributed by atoms with E-state index in [9.17, 15) is 4.79 Å². The van der Waals surface area contributed by atoms with Crippen molar-refractivity contribution < 1.29 is 0 Å². The lowest BCUT2D eigenvalue weighted by Crippen LogP contribution is -2.27. The van der Waals surface area contributed by atoms with Crippen LogP contribution in [0.2, 0.25) is 5.15 Å². The Kier molecular flexibility index (Phi) is 3.64. The minimum absolute atomic E-state index is 0.00981. The number of halogens is 1. The highest BCUT2D eigenvalue weighted by Gasteiger charge is 2.17. The van der Waals surface area contributed by atoms with Gasteiger partial charge in [-0.15, -0.1) is 0 Å². The first-order valence-electron chi connectivity index (χ1n) is 5.94. The summed E-state index contributed by atoms with van der Waals surface area (Å²) in [4.78, 5) is 16.1. The number of hydrogen-bond donors (Lipinski definition) is 0. The third kappa shape index (κ3) is 2.46. The van der Waals surface area contributed by atoms with Gasteiger partial charge in [0, 0.05) is 12.1 Å². The van der Waals surface area contributed by atoms with Crippen molar-refractivity contribution in [2.75, 3.05) is 0 Å². The van der Waals surface area contributed by atoms with Crippen LogP contribution in [0.1, 0.15) is 50.4 Å². The average Bonchev–Trinajstić information content (AvgIpc) is 2.44. The Morgan fingerprint density at radius 1 is 1.31 bits per heavy atom. The highest BCUT2D eigenvalue weighted by molar-refractivity contribution is 6.29. The standard InChI is InChI=1S/C12H17ClN2O/c1-9-14-11(13)8-12(16)15(9)10-6-4-2-3-5-7-10/h8,10H,2-7H2,1H3. The summed E-state index contributed by atoms with van der Waals surface area (Å²) in [5.41, 5.74) is -0.00981. The fourth-order valence-electron chi connectivity index (χ4n) is 2.53. The average molecular weight is 241 g/mol. The first-order chi connectivity index (χ1) is 7.68. The number of aryl methyl sites for hydroxylation is 1. The number of hydrogen-bond acceptors (Lipinski definition) is 2. The molecule has 0 radical (unpaired) electrons. The van der Waals surface area contributed by atoms with Crippen LogP contribution in [0.15, 0.2) is 10.9 Å². The molecule has 0 amide bonds. The molecule has 1 fully saturated rings. The van der Waals surface area contributed by atoms with Crippen molar-refractivity contribution >= 4 is 11.6 Å². The van der Waals surface area contributed by atoms with Crippen LogP contribution in [-0.2, 0) is 0 Å². The summed E-state index contributed by atoms with van der Waals surface area (Å²) in [6.45, 7) is 1.86. The van der Waals surface area contributed by atoms with Crippen LogP contribution >= 0.6 is 11.6 Å². The molecule has 0 bridgehead atoms. The van der Waals surface area contributed by atoms with Gasteiger partial charge in [0.1, 0.15) is 11.0 Å². The van der Waals surface area contributed by atoms with Crippen LogP contribution in [0.3, 0.4) is 0 Å². The maximum Gasteiger partial charge on any atom is 0.255 e. The van der Waals surface area contributed by atoms with Crippen molar-refractivity contribution in [1.29, 1.82) is 0 Å². The molecule has 4 heteroatoms. The molecular formula is C12H17ClN2O. The summed E-state index contributed by atoms with van der Waals surface area (Å²) >= 11 is 5.77. The summed E-state index contributed by atoms with van der Waals surface area (Å²) in [7, 11) is 0. The van der Waals surface area contributed by atoms with Crippen LogP contribution in [0, 0.1) is 6.92 Å². The van der Waals surface area contributed by atoms with Crippen molar-refractivity contribution in [2.24, 2.45) is 0 Å². The van der Waals surface area contributed by atoms with Gasteiger partial charge in [-0.2, -0.15) is 0 Å². The zero-order valence-corrected chi connectivity index (χ0v) is 10.3. The summed E-state index contributed by atoms with van der Waals surface area (Å²) < 4.78 is 1.82. The van der Waals surface area contributed by atoms with Crippen molar-refractivity contribution in [3.63, 3.8) is 0 Å². The Morgan fingerprint density at radius 3 is 2.50 bits per heavy atom. The lowest BCUT2D eigenvalue weighted by atomic mass is 10.1. The molecule has 0 saturated heterocycles. The van der Waals surface area contributed by atoms with Crippen LogP contribution in [-0.4, -0.2) is 9.55 Å². The van der Waals surface area contributed by atoms with E-state index in [0.29, 0.717) is 11.2 Å². The predicted molar refractivity (Wildman–Crippen MR) is 65.0 cm³/mol. The van der Waals surface area contributed by atoms with Crippen molar-refractivity contribution in [3.05, 3.63) is 27.4 Å². The first-order valence-corrected chi connectivity index (χ1v) is 6.32. The third-order valence-electron chi connectivity index (χ3n) is 3.29. The SMILES string of the molecule is Cc1nc(Cl)cc(=O)n1C1CCCCCC1. The van der Waals surface area contributed by atoms with Crippen LogP contribution < -0.4 is 5.56 Å². The minimum atomic E-state index is -0.00981. The molecule has 1 aliphatic carbocycles. The molecule has 1 aliphatic rings. The molecule has 0 atom stereocenters. The topological polar surface area (TPSA) is 34.9 Å². The monoisotopic (exact) mass is 240 g/mol. The summed E-state index contributed by atoms with van der Waals surface area (Å²) in [5.74, 6) is 0.740. The summed E-state index contributed by atoms with van der Waals surface area (Å²) in [5, 5.41) is 0.298. The molecule has 16 heavy (non-hydrogen) atoms. The zero-order chi connectivity index (χ0) is 11.5. The van der Waals surface area contributed by atoms with Crippen LogP contribution in [0.5, 0.6) is 0 Å². The van der Waals surface area contributed by atoms with Crippen molar-refractivity contribution in [2.45, 2.75) is 51.5 Å². The molecule has 0 aliphatic heterocycles.